The van der Waals surface area contributed by atoms with Crippen molar-refractivity contribution in [3.63, 3.8) is 0 Å². The molecule has 0 aromatic rings. The third kappa shape index (κ3) is 4.19. The van der Waals surface area contributed by atoms with Crippen LogP contribution in [0.5, 0.6) is 0 Å². The molecule has 0 saturated heterocycles. The van der Waals surface area contributed by atoms with Crippen molar-refractivity contribution in [1.82, 2.24) is 0 Å². The Labute approximate surface area is 120 Å². The molecule has 0 unspecified atom stereocenters. The van der Waals surface area contributed by atoms with Crippen LogP contribution in [-0.2, 0) is 0 Å². The molecule has 104 valence electrons. The van der Waals surface area contributed by atoms with Gasteiger partial charge in [-0.15, -0.1) is 0 Å². The van der Waals surface area contributed by atoms with Crippen LogP contribution in [0.2, 0.25) is 0 Å². The quantitative estimate of drug-likeness (QED) is 0.531. The fraction of sp³-hybridized carbons (Fsp3) is 1.00. The first-order valence-corrected chi connectivity index (χ1v) is 13.2. The van der Waals surface area contributed by atoms with Gasteiger partial charge in [-0.3, -0.25) is 0 Å². The van der Waals surface area contributed by atoms with Crippen molar-refractivity contribution in [2.24, 2.45) is 4.52 Å². The van der Waals surface area contributed by atoms with Crippen molar-refractivity contribution >= 4 is 33.2 Å². The summed E-state index contributed by atoms with van der Waals surface area (Å²) in [5, 5.41) is 0. The van der Waals surface area contributed by atoms with Crippen molar-refractivity contribution in [3.8, 4) is 0 Å². The number of rotatable bonds is 5. The van der Waals surface area contributed by atoms with Crippen LogP contribution in [0.1, 0.15) is 55.4 Å². The average Bonchev–Trinajstić information content (AvgIpc) is 2.15. The van der Waals surface area contributed by atoms with Gasteiger partial charge in [0.15, 0.2) is 0 Å². The van der Waals surface area contributed by atoms with Gasteiger partial charge in [0.25, 0.3) is 0 Å². The van der Waals surface area contributed by atoms with Crippen LogP contribution in [0.15, 0.2) is 4.52 Å². The van der Waals surface area contributed by atoms with E-state index in [9.17, 15) is 4.89 Å². The summed E-state index contributed by atoms with van der Waals surface area (Å²) in [6.45, 7) is 17.5. The Kier molecular flexibility index (Phi) is 7.28. The van der Waals surface area contributed by atoms with Gasteiger partial charge >= 0.3 is 121 Å². The summed E-state index contributed by atoms with van der Waals surface area (Å²) in [5.74, 6) is 0. The molecule has 0 aliphatic rings. The first-order valence-electron chi connectivity index (χ1n) is 6.43. The van der Waals surface area contributed by atoms with Crippen molar-refractivity contribution in [2.45, 2.75) is 78.0 Å². The normalized spacial score (nSPS) is 14.2. The van der Waals surface area contributed by atoms with Crippen LogP contribution in [0.3, 0.4) is 0 Å². The first-order chi connectivity index (χ1) is 7.48. The molecule has 0 amide bonds. The standard InChI is InChI=1S/C12H29NOP2Te/c1-9(2)15(14,10(3)4)13-16(17,11(5)6)12(7)8/h9-12,14H,1-8H3. The molecule has 0 aliphatic heterocycles. The maximum absolute atomic E-state index is 11.0. The molecular weight excluding hydrogens is 364 g/mol. The zero-order valence-corrected chi connectivity index (χ0v) is 16.6. The summed E-state index contributed by atoms with van der Waals surface area (Å²) in [7, 11) is -2.17. The minimum atomic E-state index is -2.17. The minimum absolute atomic E-state index is 0.279. The van der Waals surface area contributed by atoms with Crippen LogP contribution in [0.4, 0.5) is 0 Å². The van der Waals surface area contributed by atoms with E-state index in [4.69, 9.17) is 4.52 Å². The summed E-state index contributed by atoms with van der Waals surface area (Å²) in [6.07, 6.45) is 0. The average molecular weight is 393 g/mol. The van der Waals surface area contributed by atoms with Crippen molar-refractivity contribution in [1.29, 1.82) is 0 Å². The molecule has 0 rings (SSSR count). The van der Waals surface area contributed by atoms with Gasteiger partial charge in [0.05, 0.1) is 0 Å². The van der Waals surface area contributed by atoms with Crippen molar-refractivity contribution in [3.05, 3.63) is 0 Å². The molecule has 17 heavy (non-hydrogen) atoms. The Hall–Kier alpha value is 1.41. The van der Waals surface area contributed by atoms with Crippen LogP contribution in [0.25, 0.3) is 0 Å². The van der Waals surface area contributed by atoms with Gasteiger partial charge in [0.1, 0.15) is 0 Å². The summed E-state index contributed by atoms with van der Waals surface area (Å²) in [6, 6.07) is 0. The second-order valence-corrected chi connectivity index (χ2v) is 18.4. The summed E-state index contributed by atoms with van der Waals surface area (Å²) in [4.78, 5) is 11.0. The maximum atomic E-state index is 11.0. The Morgan fingerprint density at radius 2 is 1.06 bits per heavy atom. The fourth-order valence-corrected chi connectivity index (χ4v) is 12.3. The van der Waals surface area contributed by atoms with E-state index in [0.29, 0.717) is 11.3 Å². The predicted octanol–water partition coefficient (Wildman–Crippen LogP) is 4.74. The van der Waals surface area contributed by atoms with Gasteiger partial charge < -0.3 is 0 Å². The van der Waals surface area contributed by atoms with Gasteiger partial charge in [0, 0.05) is 0 Å². The summed E-state index contributed by atoms with van der Waals surface area (Å²) >= 11 is 2.22. The van der Waals surface area contributed by atoms with Crippen LogP contribution < -0.4 is 0 Å². The Morgan fingerprint density at radius 1 is 0.765 bits per heavy atom. The van der Waals surface area contributed by atoms with E-state index in [2.05, 4.69) is 76.6 Å². The fourth-order valence-electron chi connectivity index (χ4n) is 1.83. The topological polar surface area (TPSA) is 32.6 Å². The molecular formula is C12H29NOP2Te. The van der Waals surface area contributed by atoms with Gasteiger partial charge in [0.2, 0.25) is 0 Å². The van der Waals surface area contributed by atoms with Crippen LogP contribution in [0, 0.1) is 0 Å². The Bertz CT molecular complexity index is 324. The van der Waals surface area contributed by atoms with Crippen LogP contribution in [-0.4, -0.2) is 48.8 Å². The molecule has 0 fully saturated rings. The molecule has 0 aromatic carbocycles. The molecule has 0 bridgehead atoms. The molecule has 2 nitrogen and oxygen atoms in total. The second-order valence-electron chi connectivity index (χ2n) is 5.84. The van der Waals surface area contributed by atoms with E-state index in [1.54, 1.807) is 0 Å². The molecule has 0 atom stereocenters. The van der Waals surface area contributed by atoms with Gasteiger partial charge in [-0.1, -0.05) is 0 Å². The number of hydrogen-bond acceptors (Lipinski definition) is 1. The Balaban J connectivity index is 5.83. The second kappa shape index (κ2) is 6.72. The van der Waals surface area contributed by atoms with Gasteiger partial charge in [-0.25, -0.2) is 0 Å². The molecule has 5 heteroatoms. The molecule has 0 aromatic heterocycles. The zero-order valence-electron chi connectivity index (χ0n) is 12.5. The van der Waals surface area contributed by atoms with E-state index < -0.39 is 11.9 Å². The third-order valence-electron chi connectivity index (χ3n) is 3.28. The van der Waals surface area contributed by atoms with Gasteiger partial charge in [-0.05, 0) is 0 Å². The number of nitrogens with zero attached hydrogens (tertiary/aromatic N) is 1. The first kappa shape index (κ1) is 18.4. The van der Waals surface area contributed by atoms with E-state index in [-0.39, 0.29) is 11.3 Å². The Morgan fingerprint density at radius 3 is 1.24 bits per heavy atom. The third-order valence-corrected chi connectivity index (χ3v) is 20.6. The predicted molar refractivity (Wildman–Crippen MR) is 84.8 cm³/mol. The SMILES string of the molecule is CC(C)P(=[Te])(N=P(O)(C(C)C)C(C)C)C(C)C. The van der Waals surface area contributed by atoms with Crippen LogP contribution >= 0.6 is 11.9 Å². The summed E-state index contributed by atoms with van der Waals surface area (Å²) in [5.41, 5.74) is 1.69. The molecule has 0 radical (unpaired) electrons. The monoisotopic (exact) mass is 395 g/mol. The molecule has 0 saturated carbocycles. The summed E-state index contributed by atoms with van der Waals surface area (Å²) < 4.78 is 3.71. The van der Waals surface area contributed by atoms with E-state index >= 15 is 0 Å². The zero-order chi connectivity index (χ0) is 14.0. The van der Waals surface area contributed by atoms with Gasteiger partial charge in [-0.2, -0.15) is 0 Å². The van der Waals surface area contributed by atoms with E-state index in [1.165, 1.54) is 0 Å². The molecule has 0 spiro atoms. The molecule has 0 heterocycles. The molecule has 0 aliphatic carbocycles. The number of hydrogen-bond donors (Lipinski definition) is 1. The van der Waals surface area contributed by atoms with Crippen molar-refractivity contribution < 1.29 is 4.89 Å². The van der Waals surface area contributed by atoms with E-state index in [1.807, 2.05) is 0 Å². The van der Waals surface area contributed by atoms with Crippen molar-refractivity contribution in [2.75, 3.05) is 0 Å². The molecule has 1 N–H and O–H groups in total. The van der Waals surface area contributed by atoms with E-state index in [0.717, 1.165) is 0 Å².